The monoisotopic (exact) mass is 388 g/mol. The van der Waals surface area contributed by atoms with E-state index in [-0.39, 0.29) is 23.9 Å². The summed E-state index contributed by atoms with van der Waals surface area (Å²) in [4.78, 5) is 27.8. The Bertz CT molecular complexity index is 746. The van der Waals surface area contributed by atoms with Crippen molar-refractivity contribution in [2.45, 2.75) is 52.4 Å². The summed E-state index contributed by atoms with van der Waals surface area (Å²) >= 11 is 0. The molecule has 2 heterocycles. The second-order valence-corrected chi connectivity index (χ2v) is 8.11. The van der Waals surface area contributed by atoms with E-state index >= 15 is 0 Å². The largest absolute Gasteiger partial charge is 0.492 e. The lowest BCUT2D eigenvalue weighted by molar-refractivity contribution is -0.154. The molecule has 28 heavy (non-hydrogen) atoms. The van der Waals surface area contributed by atoms with Gasteiger partial charge in [0.1, 0.15) is 12.1 Å². The van der Waals surface area contributed by atoms with Gasteiger partial charge in [0.2, 0.25) is 0 Å². The lowest BCUT2D eigenvalue weighted by atomic mass is 9.75. The van der Waals surface area contributed by atoms with Gasteiger partial charge in [0.05, 0.1) is 6.61 Å². The summed E-state index contributed by atoms with van der Waals surface area (Å²) in [6.07, 6.45) is 1.52. The van der Waals surface area contributed by atoms with Crippen molar-refractivity contribution < 1.29 is 24.0 Å². The minimum Gasteiger partial charge on any atom is -0.461 e. The molecule has 0 radical (unpaired) electrons. The van der Waals surface area contributed by atoms with Crippen molar-refractivity contribution in [1.82, 2.24) is 10.2 Å². The first-order chi connectivity index (χ1) is 13.3. The number of nitrogens with one attached hydrogen (secondary N) is 1. The average Bonchev–Trinajstić information content (AvgIpc) is 3.03. The average molecular weight is 388 g/mol. The molecule has 1 aromatic carbocycles. The molecule has 0 spiro atoms. The Morgan fingerprint density at radius 1 is 1.32 bits per heavy atom. The van der Waals surface area contributed by atoms with Crippen molar-refractivity contribution in [2.24, 2.45) is 5.92 Å². The number of amides is 1. The van der Waals surface area contributed by atoms with Crippen LogP contribution in [0.1, 0.15) is 48.2 Å². The van der Waals surface area contributed by atoms with Gasteiger partial charge in [-0.05, 0) is 55.4 Å². The van der Waals surface area contributed by atoms with E-state index in [9.17, 15) is 14.6 Å². The zero-order chi connectivity index (χ0) is 20.4. The highest BCUT2D eigenvalue weighted by Gasteiger charge is 2.33. The maximum atomic E-state index is 12.9. The third-order valence-electron chi connectivity index (χ3n) is 5.65. The van der Waals surface area contributed by atoms with Crippen molar-refractivity contribution in [3.05, 3.63) is 28.8 Å². The molecule has 7 nitrogen and oxygen atoms in total. The van der Waals surface area contributed by atoms with E-state index in [0.717, 1.165) is 31.5 Å². The van der Waals surface area contributed by atoms with Crippen molar-refractivity contribution in [1.29, 1.82) is 0 Å². The molecule has 1 aromatic rings. The van der Waals surface area contributed by atoms with Gasteiger partial charge in [0.15, 0.2) is 0 Å². The molecule has 0 bridgehead atoms. The molecular weight excluding hydrogens is 359 g/mol. The predicted molar refractivity (Wildman–Crippen MR) is 106 cm³/mol. The topological polar surface area (TPSA) is 88.1 Å². The van der Waals surface area contributed by atoms with Gasteiger partial charge in [-0.2, -0.15) is 0 Å². The SMILES string of the molecule is Cc1c(C(=O)N[C@H](C(=O)OC2CCN(C)CC2)C(C)C)ccc2c1B(O)OC2. The molecule has 1 fully saturated rings. The van der Waals surface area contributed by atoms with Crippen LogP contribution in [0.5, 0.6) is 0 Å². The number of likely N-dealkylation sites (tertiary alicyclic amines) is 1. The molecule has 2 aliphatic rings. The van der Waals surface area contributed by atoms with Gasteiger partial charge >= 0.3 is 13.1 Å². The highest BCUT2D eigenvalue weighted by Crippen LogP contribution is 2.18. The number of fused-ring (bicyclic) bond motifs is 1. The molecule has 1 saturated heterocycles. The minimum atomic E-state index is -1.02. The molecule has 0 aliphatic carbocycles. The molecule has 1 amide bonds. The molecular formula is C20H29BN2O5. The Balaban J connectivity index is 1.70. The van der Waals surface area contributed by atoms with Crippen LogP contribution in [0, 0.1) is 12.8 Å². The van der Waals surface area contributed by atoms with Gasteiger partial charge in [-0.25, -0.2) is 4.79 Å². The number of hydrogen-bond donors (Lipinski definition) is 2. The summed E-state index contributed by atoms with van der Waals surface area (Å²) < 4.78 is 10.9. The Hall–Kier alpha value is -1.90. The highest BCUT2D eigenvalue weighted by atomic mass is 16.5. The van der Waals surface area contributed by atoms with Gasteiger partial charge < -0.3 is 24.6 Å². The molecule has 3 rings (SSSR count). The Labute approximate surface area is 166 Å². The summed E-state index contributed by atoms with van der Waals surface area (Å²) in [5.41, 5.74) is 2.62. The van der Waals surface area contributed by atoms with Crippen LogP contribution in [-0.4, -0.2) is 61.2 Å². The zero-order valence-electron chi connectivity index (χ0n) is 17.0. The van der Waals surface area contributed by atoms with Crippen LogP contribution in [0.3, 0.4) is 0 Å². The first-order valence-corrected chi connectivity index (χ1v) is 9.90. The lowest BCUT2D eigenvalue weighted by Gasteiger charge is -2.30. The number of carbonyl (C=O) groups excluding carboxylic acids is 2. The van der Waals surface area contributed by atoms with Crippen molar-refractivity contribution in [3.63, 3.8) is 0 Å². The summed E-state index contributed by atoms with van der Waals surface area (Å²) in [5.74, 6) is -0.843. The molecule has 152 valence electrons. The molecule has 0 unspecified atom stereocenters. The number of benzene rings is 1. The second-order valence-electron chi connectivity index (χ2n) is 8.11. The maximum absolute atomic E-state index is 12.9. The third-order valence-corrected chi connectivity index (χ3v) is 5.65. The van der Waals surface area contributed by atoms with E-state index in [1.807, 2.05) is 13.8 Å². The lowest BCUT2D eigenvalue weighted by Crippen LogP contribution is -2.47. The first-order valence-electron chi connectivity index (χ1n) is 9.90. The molecule has 0 aromatic heterocycles. The summed E-state index contributed by atoms with van der Waals surface area (Å²) in [6.45, 7) is 7.68. The quantitative estimate of drug-likeness (QED) is 0.568. The second kappa shape index (κ2) is 8.63. The van der Waals surface area contributed by atoms with Gasteiger partial charge in [0.25, 0.3) is 5.91 Å². The van der Waals surface area contributed by atoms with Crippen LogP contribution in [0.4, 0.5) is 0 Å². The van der Waals surface area contributed by atoms with Crippen molar-refractivity contribution >= 4 is 24.5 Å². The number of esters is 1. The summed E-state index contributed by atoms with van der Waals surface area (Å²) in [6, 6.07) is 2.78. The van der Waals surface area contributed by atoms with Crippen LogP contribution in [0.25, 0.3) is 0 Å². The van der Waals surface area contributed by atoms with E-state index in [4.69, 9.17) is 9.39 Å². The molecule has 2 aliphatic heterocycles. The number of piperidine rings is 1. The van der Waals surface area contributed by atoms with Crippen LogP contribution < -0.4 is 10.8 Å². The van der Waals surface area contributed by atoms with Gasteiger partial charge in [-0.15, -0.1) is 0 Å². The van der Waals surface area contributed by atoms with Gasteiger partial charge in [0, 0.05) is 18.7 Å². The van der Waals surface area contributed by atoms with E-state index in [2.05, 4.69) is 17.3 Å². The van der Waals surface area contributed by atoms with Crippen LogP contribution >= 0.6 is 0 Å². The van der Waals surface area contributed by atoms with Crippen LogP contribution in [-0.2, 0) is 20.8 Å². The van der Waals surface area contributed by atoms with Crippen LogP contribution in [0.2, 0.25) is 0 Å². The van der Waals surface area contributed by atoms with Crippen LogP contribution in [0.15, 0.2) is 12.1 Å². The van der Waals surface area contributed by atoms with Gasteiger partial charge in [-0.1, -0.05) is 19.9 Å². The number of ether oxygens (including phenoxy) is 1. The Morgan fingerprint density at radius 2 is 2.00 bits per heavy atom. The standard InChI is InChI=1S/C20H29BN2O5/c1-12(2)18(20(25)28-15-7-9-23(4)10-8-15)22-19(24)16-6-5-14-11-27-21(26)17(14)13(16)3/h5-6,12,15,18,26H,7-11H2,1-4H3,(H,22,24)/t18-/m0/s1. The first kappa shape index (κ1) is 20.8. The van der Waals surface area contributed by atoms with Crippen molar-refractivity contribution in [3.8, 4) is 0 Å². The predicted octanol–water partition coefficient (Wildman–Crippen LogP) is 0.605. The fraction of sp³-hybridized carbons (Fsp3) is 0.600. The van der Waals surface area contributed by atoms with Gasteiger partial charge in [-0.3, -0.25) is 4.79 Å². The molecule has 2 N–H and O–H groups in total. The smallest absolute Gasteiger partial charge is 0.461 e. The number of rotatable bonds is 5. The normalized spacial score (nSPS) is 18.9. The summed E-state index contributed by atoms with van der Waals surface area (Å²) in [5, 5.41) is 12.8. The third kappa shape index (κ3) is 4.40. The summed E-state index contributed by atoms with van der Waals surface area (Å²) in [7, 11) is 1.04. The van der Waals surface area contributed by atoms with E-state index in [1.165, 1.54) is 0 Å². The molecule has 1 atom stereocenters. The zero-order valence-corrected chi connectivity index (χ0v) is 17.0. The minimum absolute atomic E-state index is 0.101. The van der Waals surface area contributed by atoms with E-state index in [0.29, 0.717) is 23.2 Å². The number of carbonyl (C=O) groups is 2. The number of hydrogen-bond acceptors (Lipinski definition) is 6. The molecule has 0 saturated carbocycles. The Kier molecular flexibility index (Phi) is 6.42. The van der Waals surface area contributed by atoms with Crippen molar-refractivity contribution in [2.75, 3.05) is 20.1 Å². The molecule has 8 heteroatoms. The van der Waals surface area contributed by atoms with E-state index < -0.39 is 13.2 Å². The Morgan fingerprint density at radius 3 is 2.64 bits per heavy atom. The fourth-order valence-electron chi connectivity index (χ4n) is 3.81. The van der Waals surface area contributed by atoms with E-state index in [1.54, 1.807) is 19.1 Å². The fourth-order valence-corrected chi connectivity index (χ4v) is 3.81. The highest BCUT2D eigenvalue weighted by molar-refractivity contribution is 6.62. The maximum Gasteiger partial charge on any atom is 0.492 e. The number of nitrogens with zero attached hydrogens (tertiary/aromatic N) is 1.